The lowest BCUT2D eigenvalue weighted by atomic mass is 10.2. The van der Waals surface area contributed by atoms with Gasteiger partial charge in [0.25, 0.3) is 0 Å². The van der Waals surface area contributed by atoms with Crippen LogP contribution in [0.15, 0.2) is 25.0 Å². The van der Waals surface area contributed by atoms with E-state index >= 15 is 0 Å². The number of aromatic nitrogens is 2. The summed E-state index contributed by atoms with van der Waals surface area (Å²) in [6.07, 6.45) is 7.04. The molecule has 2 heterocycles. The van der Waals surface area contributed by atoms with E-state index in [1.165, 1.54) is 18.7 Å². The molecule has 1 N–H and O–H groups in total. The Labute approximate surface area is 96.9 Å². The van der Waals surface area contributed by atoms with Gasteiger partial charge in [0.15, 0.2) is 0 Å². The second kappa shape index (κ2) is 5.82. The van der Waals surface area contributed by atoms with Crippen molar-refractivity contribution in [2.75, 3.05) is 32.7 Å². The maximum atomic E-state index is 4.28. The molecule has 0 amide bonds. The zero-order valence-corrected chi connectivity index (χ0v) is 9.73. The molecule has 0 atom stereocenters. The Hall–Kier alpha value is -1.13. The van der Waals surface area contributed by atoms with Crippen molar-refractivity contribution in [1.29, 1.82) is 0 Å². The molecule has 1 fully saturated rings. The first-order valence-electron chi connectivity index (χ1n) is 5.94. The highest BCUT2D eigenvalue weighted by molar-refractivity contribution is 5.04. The quantitative estimate of drug-likeness (QED) is 0.734. The second-order valence-electron chi connectivity index (χ2n) is 4.20. The molecule has 1 saturated heterocycles. The van der Waals surface area contributed by atoms with Gasteiger partial charge in [-0.2, -0.15) is 5.10 Å². The fourth-order valence-electron chi connectivity index (χ4n) is 1.99. The van der Waals surface area contributed by atoms with Crippen molar-refractivity contribution in [1.82, 2.24) is 20.0 Å². The topological polar surface area (TPSA) is 33.1 Å². The van der Waals surface area contributed by atoms with E-state index in [-0.39, 0.29) is 0 Å². The van der Waals surface area contributed by atoms with Gasteiger partial charge in [0, 0.05) is 38.9 Å². The van der Waals surface area contributed by atoms with Gasteiger partial charge < -0.3 is 10.2 Å². The molecule has 0 saturated carbocycles. The second-order valence-corrected chi connectivity index (χ2v) is 4.20. The highest BCUT2D eigenvalue weighted by Crippen LogP contribution is 2.02. The number of piperazine rings is 1. The summed E-state index contributed by atoms with van der Waals surface area (Å²) in [5.74, 6) is 0. The summed E-state index contributed by atoms with van der Waals surface area (Å²) in [6, 6.07) is 0. The van der Waals surface area contributed by atoms with Crippen molar-refractivity contribution in [3.8, 4) is 0 Å². The molecule has 4 heteroatoms. The van der Waals surface area contributed by atoms with Crippen LogP contribution >= 0.6 is 0 Å². The minimum absolute atomic E-state index is 0.799. The highest BCUT2D eigenvalue weighted by Gasteiger charge is 2.09. The molecule has 0 aliphatic carbocycles. The fourth-order valence-corrected chi connectivity index (χ4v) is 1.99. The van der Waals surface area contributed by atoms with E-state index in [9.17, 15) is 0 Å². The monoisotopic (exact) mass is 220 g/mol. The van der Waals surface area contributed by atoms with Crippen molar-refractivity contribution in [3.05, 3.63) is 30.6 Å². The summed E-state index contributed by atoms with van der Waals surface area (Å²) in [5.41, 5.74) is 1.32. The Morgan fingerprint density at radius 3 is 3.00 bits per heavy atom. The largest absolute Gasteiger partial charge is 0.314 e. The zero-order chi connectivity index (χ0) is 11.2. The summed E-state index contributed by atoms with van der Waals surface area (Å²) in [5, 5.41) is 7.65. The van der Waals surface area contributed by atoms with E-state index in [4.69, 9.17) is 0 Å². The third kappa shape index (κ3) is 3.18. The van der Waals surface area contributed by atoms with Crippen LogP contribution in [0.4, 0.5) is 0 Å². The normalized spacial score (nSPS) is 17.5. The van der Waals surface area contributed by atoms with Crippen LogP contribution in [0, 0.1) is 0 Å². The average molecular weight is 220 g/mol. The molecule has 1 aliphatic rings. The molecule has 2 rings (SSSR count). The van der Waals surface area contributed by atoms with Gasteiger partial charge in [-0.05, 0) is 12.0 Å². The third-order valence-corrected chi connectivity index (χ3v) is 2.93. The zero-order valence-electron chi connectivity index (χ0n) is 9.73. The lowest BCUT2D eigenvalue weighted by Gasteiger charge is -2.26. The average Bonchev–Trinajstić information content (AvgIpc) is 2.76. The van der Waals surface area contributed by atoms with Gasteiger partial charge in [-0.1, -0.05) is 6.08 Å². The van der Waals surface area contributed by atoms with Crippen LogP contribution in [-0.4, -0.2) is 47.4 Å². The Morgan fingerprint density at radius 2 is 2.25 bits per heavy atom. The molecule has 88 valence electrons. The van der Waals surface area contributed by atoms with Crippen molar-refractivity contribution in [3.63, 3.8) is 0 Å². The summed E-state index contributed by atoms with van der Waals surface area (Å²) >= 11 is 0. The molecule has 0 aromatic carbocycles. The van der Waals surface area contributed by atoms with Gasteiger partial charge in [-0.25, -0.2) is 0 Å². The molecule has 0 bridgehead atoms. The van der Waals surface area contributed by atoms with Crippen molar-refractivity contribution < 1.29 is 0 Å². The van der Waals surface area contributed by atoms with E-state index in [2.05, 4.69) is 28.1 Å². The van der Waals surface area contributed by atoms with Gasteiger partial charge in [-0.15, -0.1) is 6.58 Å². The number of hydrogen-bond donors (Lipinski definition) is 1. The number of hydrogen-bond acceptors (Lipinski definition) is 3. The smallest absolute Gasteiger partial charge is 0.0587 e. The predicted octanol–water partition coefficient (Wildman–Crippen LogP) is 0.517. The van der Waals surface area contributed by atoms with Gasteiger partial charge in [0.05, 0.1) is 12.7 Å². The highest BCUT2D eigenvalue weighted by atomic mass is 15.3. The van der Waals surface area contributed by atoms with Crippen molar-refractivity contribution in [2.24, 2.45) is 0 Å². The minimum Gasteiger partial charge on any atom is -0.314 e. The van der Waals surface area contributed by atoms with Crippen molar-refractivity contribution >= 4 is 0 Å². The molecule has 0 spiro atoms. The molecular weight excluding hydrogens is 200 g/mol. The number of allylic oxidation sites excluding steroid dienone is 1. The van der Waals surface area contributed by atoms with Crippen molar-refractivity contribution in [2.45, 2.75) is 13.0 Å². The molecular formula is C12H20N4. The minimum atomic E-state index is 0.799. The van der Waals surface area contributed by atoms with Crippen LogP contribution in [0.25, 0.3) is 0 Å². The number of rotatable bonds is 5. The van der Waals surface area contributed by atoms with Crippen LogP contribution < -0.4 is 5.32 Å². The van der Waals surface area contributed by atoms with Crippen LogP contribution in [0.1, 0.15) is 5.56 Å². The van der Waals surface area contributed by atoms with E-state index in [0.29, 0.717) is 0 Å². The van der Waals surface area contributed by atoms with Gasteiger partial charge in [0.1, 0.15) is 0 Å². The van der Waals surface area contributed by atoms with Crippen LogP contribution in [0.3, 0.4) is 0 Å². The Morgan fingerprint density at radius 1 is 1.44 bits per heavy atom. The first kappa shape index (κ1) is 11.4. The van der Waals surface area contributed by atoms with Crippen LogP contribution in [0.2, 0.25) is 0 Å². The standard InChI is InChI=1S/C12H20N4/c1-2-6-16-11-12(10-14-16)3-7-15-8-4-13-5-9-15/h2,10-11,13H,1,3-9H2. The lowest BCUT2D eigenvalue weighted by Crippen LogP contribution is -2.44. The number of nitrogens with one attached hydrogen (secondary N) is 1. The first-order valence-corrected chi connectivity index (χ1v) is 5.94. The van der Waals surface area contributed by atoms with Gasteiger partial charge in [0.2, 0.25) is 0 Å². The SMILES string of the molecule is C=CCn1cc(CCN2CCNCC2)cn1. The summed E-state index contributed by atoms with van der Waals surface area (Å²) in [4.78, 5) is 2.50. The van der Waals surface area contributed by atoms with Crippen LogP contribution in [-0.2, 0) is 13.0 Å². The molecule has 0 unspecified atom stereocenters. The molecule has 16 heavy (non-hydrogen) atoms. The Bertz CT molecular complexity index is 326. The molecule has 4 nitrogen and oxygen atoms in total. The summed E-state index contributed by atoms with van der Waals surface area (Å²) in [7, 11) is 0. The maximum Gasteiger partial charge on any atom is 0.0587 e. The third-order valence-electron chi connectivity index (χ3n) is 2.93. The predicted molar refractivity (Wildman–Crippen MR) is 65.4 cm³/mol. The maximum absolute atomic E-state index is 4.28. The Balaban J connectivity index is 1.77. The van der Waals surface area contributed by atoms with Gasteiger partial charge in [-0.3, -0.25) is 4.68 Å². The first-order chi connectivity index (χ1) is 7.88. The molecule has 0 radical (unpaired) electrons. The van der Waals surface area contributed by atoms with E-state index in [1.807, 2.05) is 17.0 Å². The van der Waals surface area contributed by atoms with E-state index in [1.54, 1.807) is 0 Å². The van der Waals surface area contributed by atoms with E-state index < -0.39 is 0 Å². The number of nitrogens with zero attached hydrogens (tertiary/aromatic N) is 3. The fraction of sp³-hybridized carbons (Fsp3) is 0.583. The van der Waals surface area contributed by atoms with E-state index in [0.717, 1.165) is 32.6 Å². The van der Waals surface area contributed by atoms with Crippen LogP contribution in [0.5, 0.6) is 0 Å². The lowest BCUT2D eigenvalue weighted by molar-refractivity contribution is 0.244. The molecule has 1 aromatic heterocycles. The molecule has 1 aliphatic heterocycles. The summed E-state index contributed by atoms with van der Waals surface area (Å²) in [6.45, 7) is 10.2. The Kier molecular flexibility index (Phi) is 4.13. The summed E-state index contributed by atoms with van der Waals surface area (Å²) < 4.78 is 1.93. The van der Waals surface area contributed by atoms with Gasteiger partial charge >= 0.3 is 0 Å². The molecule has 1 aromatic rings.